The molecule has 98 valence electrons. The number of carbonyl (C=O) groups is 2. The van der Waals surface area contributed by atoms with Crippen LogP contribution in [-0.4, -0.2) is 38.7 Å². The highest BCUT2D eigenvalue weighted by Crippen LogP contribution is 2.31. The minimum atomic E-state index is -0.777. The van der Waals surface area contributed by atoms with E-state index in [1.165, 1.54) is 0 Å². The smallest absolute Gasteiger partial charge is 0.306 e. The molecule has 18 heavy (non-hydrogen) atoms. The van der Waals surface area contributed by atoms with Gasteiger partial charge in [-0.1, -0.05) is 6.42 Å². The van der Waals surface area contributed by atoms with Crippen molar-refractivity contribution in [3.8, 4) is 0 Å². The molecule has 0 spiro atoms. The van der Waals surface area contributed by atoms with Crippen molar-refractivity contribution in [2.45, 2.75) is 26.2 Å². The lowest BCUT2D eigenvalue weighted by Crippen LogP contribution is -2.33. The van der Waals surface area contributed by atoms with Crippen LogP contribution in [0.1, 0.15) is 35.7 Å². The summed E-state index contributed by atoms with van der Waals surface area (Å²) in [6.45, 7) is 2.07. The molecule has 2 atom stereocenters. The van der Waals surface area contributed by atoms with Crippen LogP contribution in [0.2, 0.25) is 0 Å². The average Bonchev–Trinajstić information content (AvgIpc) is 2.94. The first kappa shape index (κ1) is 12.5. The van der Waals surface area contributed by atoms with E-state index in [0.717, 1.165) is 12.8 Å². The maximum absolute atomic E-state index is 11.7. The summed E-state index contributed by atoms with van der Waals surface area (Å²) in [7, 11) is 0. The Labute approximate surface area is 104 Å². The molecule has 7 heteroatoms. The van der Waals surface area contributed by atoms with E-state index < -0.39 is 5.97 Å². The molecular formula is C11H16N4O3. The second-order valence-electron chi connectivity index (χ2n) is 4.59. The number of carbonyl (C=O) groups excluding carboxylic acids is 1. The topological polar surface area (TPSA) is 108 Å². The van der Waals surface area contributed by atoms with E-state index in [0.29, 0.717) is 18.8 Å². The number of H-pyrrole nitrogens is 1. The Morgan fingerprint density at radius 2 is 2.28 bits per heavy atom. The number of aliphatic carboxylic acids is 1. The Morgan fingerprint density at radius 1 is 1.50 bits per heavy atom. The fourth-order valence-electron chi connectivity index (χ4n) is 2.35. The molecule has 0 aliphatic heterocycles. The predicted octanol–water partition coefficient (Wildman–Crippen LogP) is 0.344. The summed E-state index contributed by atoms with van der Waals surface area (Å²) in [5.74, 6) is -0.816. The Balaban J connectivity index is 1.88. The molecule has 3 N–H and O–H groups in total. The molecule has 1 aromatic heterocycles. The van der Waals surface area contributed by atoms with Crippen molar-refractivity contribution in [3.05, 3.63) is 11.6 Å². The van der Waals surface area contributed by atoms with Crippen LogP contribution in [0.15, 0.2) is 0 Å². The third kappa shape index (κ3) is 2.66. The molecule has 2 rings (SSSR count). The van der Waals surface area contributed by atoms with Crippen LogP contribution >= 0.6 is 0 Å². The lowest BCUT2D eigenvalue weighted by molar-refractivity contribution is -0.142. The van der Waals surface area contributed by atoms with Gasteiger partial charge in [0.15, 0.2) is 0 Å². The minimum Gasteiger partial charge on any atom is -0.481 e. The van der Waals surface area contributed by atoms with Gasteiger partial charge in [0, 0.05) is 6.54 Å². The maximum Gasteiger partial charge on any atom is 0.306 e. The van der Waals surface area contributed by atoms with Gasteiger partial charge in [-0.25, -0.2) is 4.98 Å². The molecule has 7 nitrogen and oxygen atoms in total. The van der Waals surface area contributed by atoms with Gasteiger partial charge in [-0.05, 0) is 25.7 Å². The predicted molar refractivity (Wildman–Crippen MR) is 61.9 cm³/mol. The number of hydrogen-bond donors (Lipinski definition) is 3. The summed E-state index contributed by atoms with van der Waals surface area (Å²) in [4.78, 5) is 26.6. The monoisotopic (exact) mass is 252 g/mol. The molecule has 1 aliphatic carbocycles. The third-order valence-corrected chi connectivity index (χ3v) is 3.30. The second-order valence-corrected chi connectivity index (χ2v) is 4.59. The van der Waals surface area contributed by atoms with Gasteiger partial charge < -0.3 is 10.4 Å². The van der Waals surface area contributed by atoms with Crippen LogP contribution in [0.25, 0.3) is 0 Å². The second kappa shape index (κ2) is 5.16. The number of nitrogens with zero attached hydrogens (tertiary/aromatic N) is 2. The van der Waals surface area contributed by atoms with Crippen molar-refractivity contribution in [1.82, 2.24) is 20.5 Å². The molecule has 0 bridgehead atoms. The van der Waals surface area contributed by atoms with Crippen LogP contribution in [-0.2, 0) is 4.79 Å². The summed E-state index contributed by atoms with van der Waals surface area (Å²) in [5.41, 5.74) is 0. The molecule has 1 saturated carbocycles. The van der Waals surface area contributed by atoms with Gasteiger partial charge in [-0.3, -0.25) is 14.7 Å². The van der Waals surface area contributed by atoms with Gasteiger partial charge in [0.25, 0.3) is 5.91 Å². The number of carboxylic acids is 1. The summed E-state index contributed by atoms with van der Waals surface area (Å²) >= 11 is 0. The zero-order valence-corrected chi connectivity index (χ0v) is 10.1. The number of carboxylic acid groups (broad SMARTS) is 1. The van der Waals surface area contributed by atoms with Crippen LogP contribution in [0.3, 0.4) is 0 Å². The largest absolute Gasteiger partial charge is 0.481 e. The summed E-state index contributed by atoms with van der Waals surface area (Å²) < 4.78 is 0. The third-order valence-electron chi connectivity index (χ3n) is 3.30. The number of rotatable bonds is 4. The molecular weight excluding hydrogens is 236 g/mol. The summed E-state index contributed by atoms with van der Waals surface area (Å²) in [6, 6.07) is 0. The van der Waals surface area contributed by atoms with E-state index in [9.17, 15) is 9.59 Å². The van der Waals surface area contributed by atoms with Crippen LogP contribution < -0.4 is 5.32 Å². The fraction of sp³-hybridized carbons (Fsp3) is 0.636. The maximum atomic E-state index is 11.7. The number of nitrogens with one attached hydrogen (secondary N) is 2. The summed E-state index contributed by atoms with van der Waals surface area (Å²) in [5, 5.41) is 18.1. The minimum absolute atomic E-state index is 0.00601. The molecule has 0 radical (unpaired) electrons. The normalized spacial score (nSPS) is 22.9. The number of amides is 1. The van der Waals surface area contributed by atoms with Crippen LogP contribution in [0.5, 0.6) is 0 Å². The quantitative estimate of drug-likeness (QED) is 0.716. The van der Waals surface area contributed by atoms with Crippen molar-refractivity contribution < 1.29 is 14.7 Å². The van der Waals surface area contributed by atoms with Crippen molar-refractivity contribution >= 4 is 11.9 Å². The Hall–Kier alpha value is -1.92. The number of aryl methyl sites for hydroxylation is 1. The zero-order chi connectivity index (χ0) is 13.1. The molecule has 0 saturated heterocycles. The van der Waals surface area contributed by atoms with Crippen molar-refractivity contribution in [3.63, 3.8) is 0 Å². The average molecular weight is 252 g/mol. The van der Waals surface area contributed by atoms with Gasteiger partial charge in [0.1, 0.15) is 5.82 Å². The highest BCUT2D eigenvalue weighted by molar-refractivity contribution is 5.90. The first-order valence-corrected chi connectivity index (χ1v) is 5.98. The van der Waals surface area contributed by atoms with E-state index in [1.807, 2.05) is 0 Å². The van der Waals surface area contributed by atoms with Gasteiger partial charge in [-0.15, -0.1) is 5.10 Å². The summed E-state index contributed by atoms with van der Waals surface area (Å²) in [6.07, 6.45) is 2.43. The Bertz CT molecular complexity index is 457. The lowest BCUT2D eigenvalue weighted by Gasteiger charge is -2.15. The number of aromatic amines is 1. The SMILES string of the molecule is Cc1nc(C(=O)NCC2CCCC2C(=O)O)n[nH]1. The molecule has 1 amide bonds. The van der Waals surface area contributed by atoms with Gasteiger partial charge in [0.05, 0.1) is 5.92 Å². The van der Waals surface area contributed by atoms with Crippen molar-refractivity contribution in [2.75, 3.05) is 6.54 Å². The molecule has 1 fully saturated rings. The fourth-order valence-corrected chi connectivity index (χ4v) is 2.35. The van der Waals surface area contributed by atoms with E-state index in [4.69, 9.17) is 5.11 Å². The molecule has 1 heterocycles. The zero-order valence-electron chi connectivity index (χ0n) is 10.1. The molecule has 0 aromatic carbocycles. The van der Waals surface area contributed by atoms with E-state index in [2.05, 4.69) is 20.5 Å². The van der Waals surface area contributed by atoms with Gasteiger partial charge in [0.2, 0.25) is 5.82 Å². The lowest BCUT2D eigenvalue weighted by atomic mass is 9.96. The van der Waals surface area contributed by atoms with Crippen molar-refractivity contribution in [2.24, 2.45) is 11.8 Å². The Morgan fingerprint density at radius 3 is 2.89 bits per heavy atom. The number of aromatic nitrogens is 3. The first-order chi connectivity index (χ1) is 8.58. The Kier molecular flexibility index (Phi) is 3.59. The highest BCUT2D eigenvalue weighted by atomic mass is 16.4. The van der Waals surface area contributed by atoms with Crippen LogP contribution in [0, 0.1) is 18.8 Å². The standard InChI is InChI=1S/C11H16N4O3/c1-6-13-9(15-14-6)10(16)12-5-7-3-2-4-8(7)11(17)18/h7-8H,2-5H2,1H3,(H,12,16)(H,17,18)(H,13,14,15). The highest BCUT2D eigenvalue weighted by Gasteiger charge is 2.33. The van der Waals surface area contributed by atoms with Gasteiger partial charge >= 0.3 is 5.97 Å². The van der Waals surface area contributed by atoms with Gasteiger partial charge in [-0.2, -0.15) is 0 Å². The van der Waals surface area contributed by atoms with E-state index >= 15 is 0 Å². The molecule has 1 aliphatic rings. The molecule has 1 aromatic rings. The molecule has 2 unspecified atom stereocenters. The van der Waals surface area contributed by atoms with Crippen LogP contribution in [0.4, 0.5) is 0 Å². The van der Waals surface area contributed by atoms with E-state index in [1.54, 1.807) is 6.92 Å². The first-order valence-electron chi connectivity index (χ1n) is 5.98. The van der Waals surface area contributed by atoms with E-state index in [-0.39, 0.29) is 23.6 Å². The van der Waals surface area contributed by atoms with Crippen molar-refractivity contribution in [1.29, 1.82) is 0 Å². The number of hydrogen-bond acceptors (Lipinski definition) is 4.